The third-order valence-electron chi connectivity index (χ3n) is 1.45. The predicted molar refractivity (Wildman–Crippen MR) is 43.8 cm³/mol. The minimum atomic E-state index is 0. The molecule has 0 aliphatic carbocycles. The van der Waals surface area contributed by atoms with E-state index in [-0.39, 0.29) is 12.4 Å². The van der Waals surface area contributed by atoms with Gasteiger partial charge >= 0.3 is 0 Å². The first-order valence-corrected chi connectivity index (χ1v) is 3.39. The number of ether oxygens (including phenoxy) is 1. The maximum atomic E-state index is 5.23. The van der Waals surface area contributed by atoms with Gasteiger partial charge in [-0.2, -0.15) is 0 Å². The van der Waals surface area contributed by atoms with Crippen molar-refractivity contribution in [1.82, 2.24) is 10.6 Å². The summed E-state index contributed by atoms with van der Waals surface area (Å²) in [6, 6.07) is 0.517. The van der Waals surface area contributed by atoms with E-state index in [0.717, 1.165) is 26.3 Å². The standard InChI is InChI=1S/C6H14N2O.ClH/c1-7-4-6-5-9-3-2-8-6;/h6-8H,2-5H2,1H3;1H/t6-;/m1./s1. The lowest BCUT2D eigenvalue weighted by Gasteiger charge is -2.23. The van der Waals surface area contributed by atoms with E-state index in [2.05, 4.69) is 10.6 Å². The number of hydrogen-bond acceptors (Lipinski definition) is 3. The van der Waals surface area contributed by atoms with Crippen LogP contribution < -0.4 is 10.6 Å². The molecule has 0 spiro atoms. The van der Waals surface area contributed by atoms with Crippen LogP contribution in [0.4, 0.5) is 0 Å². The van der Waals surface area contributed by atoms with Crippen LogP contribution in [0.3, 0.4) is 0 Å². The molecule has 0 radical (unpaired) electrons. The first-order chi connectivity index (χ1) is 4.43. The average molecular weight is 167 g/mol. The Kier molecular flexibility index (Phi) is 6.02. The molecule has 1 rings (SSSR count). The topological polar surface area (TPSA) is 33.3 Å². The van der Waals surface area contributed by atoms with Gasteiger partial charge in [-0.15, -0.1) is 12.4 Å². The summed E-state index contributed by atoms with van der Waals surface area (Å²) >= 11 is 0. The highest BCUT2D eigenvalue weighted by Gasteiger charge is 2.10. The summed E-state index contributed by atoms with van der Waals surface area (Å²) in [5.41, 5.74) is 0. The van der Waals surface area contributed by atoms with Gasteiger partial charge in [-0.3, -0.25) is 0 Å². The molecular weight excluding hydrogens is 152 g/mol. The summed E-state index contributed by atoms with van der Waals surface area (Å²) in [6.45, 7) is 3.70. The van der Waals surface area contributed by atoms with Crippen LogP contribution >= 0.6 is 12.4 Å². The first kappa shape index (κ1) is 10.2. The first-order valence-electron chi connectivity index (χ1n) is 3.39. The molecule has 0 aromatic heterocycles. The van der Waals surface area contributed by atoms with Crippen LogP contribution in [0.15, 0.2) is 0 Å². The Labute approximate surface area is 67.9 Å². The van der Waals surface area contributed by atoms with Crippen molar-refractivity contribution in [2.75, 3.05) is 33.4 Å². The van der Waals surface area contributed by atoms with Crippen molar-refractivity contribution < 1.29 is 4.74 Å². The Balaban J connectivity index is 0.000000810. The monoisotopic (exact) mass is 166 g/mol. The third kappa shape index (κ3) is 3.37. The molecule has 10 heavy (non-hydrogen) atoms. The number of nitrogens with one attached hydrogen (secondary N) is 2. The molecule has 4 heteroatoms. The van der Waals surface area contributed by atoms with Crippen molar-refractivity contribution in [3.05, 3.63) is 0 Å². The van der Waals surface area contributed by atoms with Gasteiger partial charge in [-0.1, -0.05) is 0 Å². The van der Waals surface area contributed by atoms with Crippen LogP contribution in [0.25, 0.3) is 0 Å². The number of likely N-dealkylation sites (N-methyl/N-ethyl adjacent to an activating group) is 1. The Morgan fingerprint density at radius 2 is 2.50 bits per heavy atom. The fourth-order valence-electron chi connectivity index (χ4n) is 0.997. The second-order valence-electron chi connectivity index (χ2n) is 2.28. The van der Waals surface area contributed by atoms with Gasteiger partial charge in [-0.25, -0.2) is 0 Å². The molecule has 0 aromatic carbocycles. The SMILES string of the molecule is CNC[C@@H]1COCCN1.Cl. The van der Waals surface area contributed by atoms with Gasteiger partial charge in [0.2, 0.25) is 0 Å². The summed E-state index contributed by atoms with van der Waals surface area (Å²) < 4.78 is 5.23. The van der Waals surface area contributed by atoms with Crippen molar-refractivity contribution in [1.29, 1.82) is 0 Å². The van der Waals surface area contributed by atoms with Crippen LogP contribution in [0.2, 0.25) is 0 Å². The zero-order chi connectivity index (χ0) is 6.53. The number of rotatable bonds is 2. The summed E-state index contributed by atoms with van der Waals surface area (Å²) in [5.74, 6) is 0. The lowest BCUT2D eigenvalue weighted by atomic mass is 10.3. The third-order valence-corrected chi connectivity index (χ3v) is 1.45. The van der Waals surface area contributed by atoms with Gasteiger partial charge in [0, 0.05) is 19.1 Å². The van der Waals surface area contributed by atoms with Crippen LogP contribution in [-0.4, -0.2) is 39.4 Å². The Morgan fingerprint density at radius 3 is 3.00 bits per heavy atom. The fourth-order valence-corrected chi connectivity index (χ4v) is 0.997. The molecule has 0 bridgehead atoms. The van der Waals surface area contributed by atoms with Crippen molar-refractivity contribution in [2.45, 2.75) is 6.04 Å². The highest BCUT2D eigenvalue weighted by atomic mass is 35.5. The molecule has 1 aliphatic rings. The summed E-state index contributed by atoms with van der Waals surface area (Å²) in [6.07, 6.45) is 0. The zero-order valence-corrected chi connectivity index (χ0v) is 7.04. The van der Waals surface area contributed by atoms with Gasteiger partial charge in [0.05, 0.1) is 13.2 Å². The van der Waals surface area contributed by atoms with Gasteiger partial charge in [0.15, 0.2) is 0 Å². The van der Waals surface area contributed by atoms with Gasteiger partial charge in [-0.05, 0) is 7.05 Å². The van der Waals surface area contributed by atoms with Crippen LogP contribution in [0, 0.1) is 0 Å². The van der Waals surface area contributed by atoms with Gasteiger partial charge in [0.1, 0.15) is 0 Å². The highest BCUT2D eigenvalue weighted by Crippen LogP contribution is 1.89. The molecule has 0 unspecified atom stereocenters. The average Bonchev–Trinajstić information content (AvgIpc) is 1.91. The van der Waals surface area contributed by atoms with Gasteiger partial charge < -0.3 is 15.4 Å². The highest BCUT2D eigenvalue weighted by molar-refractivity contribution is 5.85. The summed E-state index contributed by atoms with van der Waals surface area (Å²) in [4.78, 5) is 0. The van der Waals surface area contributed by atoms with E-state index in [0.29, 0.717) is 6.04 Å². The second-order valence-corrected chi connectivity index (χ2v) is 2.28. The van der Waals surface area contributed by atoms with E-state index >= 15 is 0 Å². The Morgan fingerprint density at radius 1 is 1.70 bits per heavy atom. The smallest absolute Gasteiger partial charge is 0.0632 e. The molecule has 62 valence electrons. The zero-order valence-electron chi connectivity index (χ0n) is 6.22. The largest absolute Gasteiger partial charge is 0.378 e. The molecule has 1 heterocycles. The van der Waals surface area contributed by atoms with Crippen molar-refractivity contribution >= 4 is 12.4 Å². The van der Waals surface area contributed by atoms with Crippen molar-refractivity contribution in [3.63, 3.8) is 0 Å². The van der Waals surface area contributed by atoms with Crippen LogP contribution in [-0.2, 0) is 4.74 Å². The van der Waals surface area contributed by atoms with E-state index in [1.807, 2.05) is 7.05 Å². The van der Waals surface area contributed by atoms with E-state index in [1.165, 1.54) is 0 Å². The minimum absolute atomic E-state index is 0. The second kappa shape index (κ2) is 5.92. The van der Waals surface area contributed by atoms with E-state index in [9.17, 15) is 0 Å². The lowest BCUT2D eigenvalue weighted by molar-refractivity contribution is 0.0773. The number of halogens is 1. The lowest BCUT2D eigenvalue weighted by Crippen LogP contribution is -2.46. The Bertz CT molecular complexity index is 73.4. The van der Waals surface area contributed by atoms with Crippen LogP contribution in [0.1, 0.15) is 0 Å². The summed E-state index contributed by atoms with van der Waals surface area (Å²) in [5, 5.41) is 6.43. The predicted octanol–water partition coefficient (Wildman–Crippen LogP) is -0.384. The molecule has 0 saturated carbocycles. The normalized spacial score (nSPS) is 25.5. The summed E-state index contributed by atoms with van der Waals surface area (Å²) in [7, 11) is 1.95. The molecule has 0 amide bonds. The maximum Gasteiger partial charge on any atom is 0.0632 e. The van der Waals surface area contributed by atoms with E-state index < -0.39 is 0 Å². The molecule has 0 aromatic rings. The van der Waals surface area contributed by atoms with Crippen molar-refractivity contribution in [3.8, 4) is 0 Å². The van der Waals surface area contributed by atoms with E-state index in [1.54, 1.807) is 0 Å². The van der Waals surface area contributed by atoms with E-state index in [4.69, 9.17) is 4.74 Å². The molecule has 3 nitrogen and oxygen atoms in total. The van der Waals surface area contributed by atoms with Gasteiger partial charge in [0.25, 0.3) is 0 Å². The minimum Gasteiger partial charge on any atom is -0.378 e. The maximum absolute atomic E-state index is 5.23. The molecule has 2 N–H and O–H groups in total. The molecule has 1 aliphatic heterocycles. The number of hydrogen-bond donors (Lipinski definition) is 2. The number of morpholine rings is 1. The molecule has 1 saturated heterocycles. The fraction of sp³-hybridized carbons (Fsp3) is 1.00. The molecular formula is C6H15ClN2O. The molecule has 1 atom stereocenters. The van der Waals surface area contributed by atoms with Crippen LogP contribution in [0.5, 0.6) is 0 Å². The van der Waals surface area contributed by atoms with Crippen molar-refractivity contribution in [2.24, 2.45) is 0 Å². The molecule has 1 fully saturated rings. The quantitative estimate of drug-likeness (QED) is 0.587. The Hall–Kier alpha value is 0.170.